The molecular formula is C20H23F2NO2S. The maximum atomic E-state index is 13.5. The fraction of sp³-hybridized carbons (Fsp3) is 0.350. The van der Waals surface area contributed by atoms with E-state index in [9.17, 15) is 13.6 Å². The number of rotatable bonds is 8. The lowest BCUT2D eigenvalue weighted by atomic mass is 9.98. The van der Waals surface area contributed by atoms with Crippen LogP contribution < -0.4 is 10.1 Å². The third-order valence-electron chi connectivity index (χ3n) is 3.80. The van der Waals surface area contributed by atoms with Gasteiger partial charge >= 0.3 is 0 Å². The van der Waals surface area contributed by atoms with Gasteiger partial charge in [-0.1, -0.05) is 19.9 Å². The summed E-state index contributed by atoms with van der Waals surface area (Å²) in [5.41, 5.74) is 2.35. The number of anilines is 1. The second kappa shape index (κ2) is 9.57. The van der Waals surface area contributed by atoms with Crippen LogP contribution in [0.25, 0.3) is 0 Å². The topological polar surface area (TPSA) is 38.3 Å². The predicted molar refractivity (Wildman–Crippen MR) is 103 cm³/mol. The van der Waals surface area contributed by atoms with Gasteiger partial charge in [-0.05, 0) is 48.2 Å². The van der Waals surface area contributed by atoms with E-state index in [1.165, 1.54) is 22.9 Å². The van der Waals surface area contributed by atoms with E-state index < -0.39 is 11.6 Å². The van der Waals surface area contributed by atoms with E-state index in [2.05, 4.69) is 32.2 Å². The Morgan fingerprint density at radius 1 is 1.19 bits per heavy atom. The summed E-state index contributed by atoms with van der Waals surface area (Å²) in [6.07, 6.45) is 0. The molecule has 0 heterocycles. The molecule has 0 atom stereocenters. The lowest BCUT2D eigenvalue weighted by Crippen LogP contribution is -2.16. The van der Waals surface area contributed by atoms with E-state index in [0.29, 0.717) is 18.3 Å². The molecule has 0 spiro atoms. The Bertz CT molecular complexity index is 765. The van der Waals surface area contributed by atoms with E-state index >= 15 is 0 Å². The number of benzene rings is 2. The number of amides is 1. The first-order chi connectivity index (χ1) is 12.4. The minimum Gasteiger partial charge on any atom is -0.493 e. The van der Waals surface area contributed by atoms with Gasteiger partial charge in [-0.2, -0.15) is 0 Å². The fourth-order valence-electron chi connectivity index (χ4n) is 2.55. The maximum absolute atomic E-state index is 13.5. The molecule has 3 nitrogen and oxygen atoms in total. The Morgan fingerprint density at radius 2 is 1.96 bits per heavy atom. The van der Waals surface area contributed by atoms with Crippen molar-refractivity contribution in [2.24, 2.45) is 0 Å². The summed E-state index contributed by atoms with van der Waals surface area (Å²) >= 11 is 1.37. The summed E-state index contributed by atoms with van der Waals surface area (Å²) in [4.78, 5) is 11.8. The smallest absolute Gasteiger partial charge is 0.234 e. The Morgan fingerprint density at radius 3 is 2.65 bits per heavy atom. The highest BCUT2D eigenvalue weighted by molar-refractivity contribution is 7.99. The van der Waals surface area contributed by atoms with Gasteiger partial charge in [0.25, 0.3) is 0 Å². The first kappa shape index (κ1) is 20.2. The average Bonchev–Trinajstić information content (AvgIpc) is 2.57. The van der Waals surface area contributed by atoms with Gasteiger partial charge in [0.05, 0.1) is 18.0 Å². The molecule has 0 fully saturated rings. The Balaban J connectivity index is 1.71. The zero-order valence-corrected chi connectivity index (χ0v) is 16.0. The molecule has 1 N–H and O–H groups in total. The maximum Gasteiger partial charge on any atom is 0.234 e. The monoisotopic (exact) mass is 379 g/mol. The Hall–Kier alpha value is -2.08. The standard InChI is InChI=1S/C20H23F2NO2S/c1-13(2)17-6-5-16(10-14(17)3)25-8-9-26-12-20(24)23-19-11-15(21)4-7-18(19)22/h4-7,10-11,13H,8-9,12H2,1-3H3,(H,23,24). The van der Waals surface area contributed by atoms with Gasteiger partial charge in [0.2, 0.25) is 5.91 Å². The first-order valence-corrected chi connectivity index (χ1v) is 9.58. The summed E-state index contributed by atoms with van der Waals surface area (Å²) in [6, 6.07) is 8.99. The van der Waals surface area contributed by atoms with Crippen LogP contribution in [-0.2, 0) is 4.79 Å². The lowest BCUT2D eigenvalue weighted by Gasteiger charge is -2.12. The number of hydrogen-bond acceptors (Lipinski definition) is 3. The van der Waals surface area contributed by atoms with Gasteiger partial charge in [0.1, 0.15) is 17.4 Å². The highest BCUT2D eigenvalue weighted by atomic mass is 32.2. The molecule has 2 aromatic rings. The zero-order chi connectivity index (χ0) is 19.1. The number of nitrogens with one attached hydrogen (secondary N) is 1. The molecule has 0 aliphatic carbocycles. The van der Waals surface area contributed by atoms with Crippen LogP contribution in [0.15, 0.2) is 36.4 Å². The van der Waals surface area contributed by atoms with Crippen molar-refractivity contribution >= 4 is 23.4 Å². The zero-order valence-electron chi connectivity index (χ0n) is 15.1. The second-order valence-corrected chi connectivity index (χ2v) is 7.35. The molecular weight excluding hydrogens is 356 g/mol. The second-order valence-electron chi connectivity index (χ2n) is 6.25. The summed E-state index contributed by atoms with van der Waals surface area (Å²) in [7, 11) is 0. The van der Waals surface area contributed by atoms with Crippen LogP contribution in [-0.4, -0.2) is 24.0 Å². The van der Waals surface area contributed by atoms with Crippen molar-refractivity contribution in [2.75, 3.05) is 23.4 Å². The predicted octanol–water partition coefficient (Wildman–Crippen LogP) is 5.15. The summed E-state index contributed by atoms with van der Waals surface area (Å²) in [6.45, 7) is 6.83. The lowest BCUT2D eigenvalue weighted by molar-refractivity contribution is -0.113. The van der Waals surface area contributed by atoms with Crippen LogP contribution in [0, 0.1) is 18.6 Å². The molecule has 0 radical (unpaired) electrons. The van der Waals surface area contributed by atoms with Crippen molar-refractivity contribution in [3.8, 4) is 5.75 Å². The van der Waals surface area contributed by atoms with Crippen LogP contribution in [0.5, 0.6) is 5.75 Å². The van der Waals surface area contributed by atoms with Crippen molar-refractivity contribution in [3.05, 3.63) is 59.2 Å². The number of aryl methyl sites for hydroxylation is 1. The van der Waals surface area contributed by atoms with Crippen molar-refractivity contribution < 1.29 is 18.3 Å². The molecule has 0 bridgehead atoms. The summed E-state index contributed by atoms with van der Waals surface area (Å²) in [5, 5.41) is 2.37. The molecule has 0 aliphatic heterocycles. The minimum atomic E-state index is -0.659. The number of carbonyl (C=O) groups is 1. The molecule has 2 aromatic carbocycles. The minimum absolute atomic E-state index is 0.143. The largest absolute Gasteiger partial charge is 0.493 e. The number of halogens is 2. The van der Waals surface area contributed by atoms with Crippen molar-refractivity contribution in [1.82, 2.24) is 0 Å². The molecule has 140 valence electrons. The van der Waals surface area contributed by atoms with Crippen molar-refractivity contribution in [2.45, 2.75) is 26.7 Å². The third-order valence-corrected chi connectivity index (χ3v) is 4.72. The quantitative estimate of drug-likeness (QED) is 0.645. The van der Waals surface area contributed by atoms with Crippen LogP contribution >= 0.6 is 11.8 Å². The van der Waals surface area contributed by atoms with Crippen LogP contribution in [0.1, 0.15) is 30.9 Å². The number of ether oxygens (including phenoxy) is 1. The van der Waals surface area contributed by atoms with Crippen LogP contribution in [0.4, 0.5) is 14.5 Å². The molecule has 0 aromatic heterocycles. The normalized spacial score (nSPS) is 10.8. The molecule has 6 heteroatoms. The molecule has 26 heavy (non-hydrogen) atoms. The van der Waals surface area contributed by atoms with Gasteiger partial charge < -0.3 is 10.1 Å². The van der Waals surface area contributed by atoms with Gasteiger partial charge in [-0.25, -0.2) is 8.78 Å². The summed E-state index contributed by atoms with van der Waals surface area (Å²) < 4.78 is 32.2. The van der Waals surface area contributed by atoms with Crippen molar-refractivity contribution in [1.29, 1.82) is 0 Å². The van der Waals surface area contributed by atoms with E-state index in [4.69, 9.17) is 4.74 Å². The van der Waals surface area contributed by atoms with Crippen LogP contribution in [0.2, 0.25) is 0 Å². The van der Waals surface area contributed by atoms with Gasteiger partial charge in [-0.15, -0.1) is 11.8 Å². The SMILES string of the molecule is Cc1cc(OCCSCC(=O)Nc2cc(F)ccc2F)ccc1C(C)C. The first-order valence-electron chi connectivity index (χ1n) is 8.43. The Kier molecular flexibility index (Phi) is 7.45. The van der Waals surface area contributed by atoms with Gasteiger partial charge in [0, 0.05) is 11.8 Å². The number of carbonyl (C=O) groups excluding carboxylic acids is 1. The van der Waals surface area contributed by atoms with Crippen LogP contribution in [0.3, 0.4) is 0 Å². The third kappa shape index (κ3) is 6.02. The number of hydrogen-bond donors (Lipinski definition) is 1. The van der Waals surface area contributed by atoms with E-state index in [1.54, 1.807) is 0 Å². The highest BCUT2D eigenvalue weighted by Crippen LogP contribution is 2.23. The molecule has 0 saturated heterocycles. The Labute approximate surface area is 157 Å². The number of thioether (sulfide) groups is 1. The molecule has 0 saturated carbocycles. The average molecular weight is 379 g/mol. The molecule has 2 rings (SSSR count). The summed E-state index contributed by atoms with van der Waals surface area (Å²) in [5.74, 6) is 0.403. The van der Waals surface area contributed by atoms with Gasteiger partial charge in [-0.3, -0.25) is 4.79 Å². The molecule has 1 amide bonds. The van der Waals surface area contributed by atoms with E-state index in [1.807, 2.05) is 12.1 Å². The van der Waals surface area contributed by atoms with Crippen molar-refractivity contribution in [3.63, 3.8) is 0 Å². The van der Waals surface area contributed by atoms with E-state index in [0.717, 1.165) is 23.9 Å². The fourth-order valence-corrected chi connectivity index (χ4v) is 3.15. The van der Waals surface area contributed by atoms with Gasteiger partial charge in [0.15, 0.2) is 0 Å². The highest BCUT2D eigenvalue weighted by Gasteiger charge is 2.09. The molecule has 0 aliphatic rings. The molecule has 0 unspecified atom stereocenters. The van der Waals surface area contributed by atoms with E-state index in [-0.39, 0.29) is 17.3 Å².